The van der Waals surface area contributed by atoms with Gasteiger partial charge in [-0.3, -0.25) is 0 Å². The molecule has 3 rings (SSSR count). The summed E-state index contributed by atoms with van der Waals surface area (Å²) in [6.07, 6.45) is 1.16. The molecule has 0 radical (unpaired) electrons. The fourth-order valence-electron chi connectivity index (χ4n) is 2.86. The van der Waals surface area contributed by atoms with E-state index in [1.807, 2.05) is 0 Å². The van der Waals surface area contributed by atoms with Crippen molar-refractivity contribution in [3.05, 3.63) is 58.6 Å². The third kappa shape index (κ3) is 2.83. The van der Waals surface area contributed by atoms with Gasteiger partial charge in [-0.1, -0.05) is 34.1 Å². The van der Waals surface area contributed by atoms with Crippen molar-refractivity contribution < 1.29 is 0 Å². The van der Waals surface area contributed by atoms with Crippen LogP contribution in [0, 0.1) is 0 Å². The first kappa shape index (κ1) is 13.5. The van der Waals surface area contributed by atoms with Crippen molar-refractivity contribution in [3.8, 4) is 0 Å². The van der Waals surface area contributed by atoms with E-state index in [9.17, 15) is 0 Å². The van der Waals surface area contributed by atoms with Crippen LogP contribution in [-0.4, -0.2) is 19.1 Å². The van der Waals surface area contributed by atoms with Gasteiger partial charge in [0.2, 0.25) is 0 Å². The Kier molecular flexibility index (Phi) is 3.97. The molecule has 3 heteroatoms. The summed E-state index contributed by atoms with van der Waals surface area (Å²) in [6.45, 7) is 4.30. The molecule has 1 aliphatic rings. The van der Waals surface area contributed by atoms with Crippen molar-refractivity contribution in [2.24, 2.45) is 0 Å². The van der Waals surface area contributed by atoms with E-state index in [-0.39, 0.29) is 0 Å². The van der Waals surface area contributed by atoms with E-state index in [4.69, 9.17) is 0 Å². The lowest BCUT2D eigenvalue weighted by atomic mass is 10.1. The van der Waals surface area contributed by atoms with E-state index in [0.29, 0.717) is 6.04 Å². The molecule has 1 atom stereocenters. The smallest absolute Gasteiger partial charge is 0.0402 e. The van der Waals surface area contributed by atoms with Gasteiger partial charge in [-0.15, -0.1) is 0 Å². The molecular weight excluding hydrogens is 312 g/mol. The predicted molar refractivity (Wildman–Crippen MR) is 89.6 cm³/mol. The monoisotopic (exact) mass is 330 g/mol. The Labute approximate surface area is 128 Å². The maximum absolute atomic E-state index is 3.49. The van der Waals surface area contributed by atoms with Crippen molar-refractivity contribution in [1.29, 1.82) is 0 Å². The molecule has 2 aromatic rings. The Morgan fingerprint density at radius 1 is 1.15 bits per heavy atom. The van der Waals surface area contributed by atoms with Crippen molar-refractivity contribution in [2.75, 3.05) is 23.3 Å². The molecular formula is C17H19BrN2. The molecule has 1 unspecified atom stereocenters. The highest BCUT2D eigenvalue weighted by Gasteiger charge is 2.24. The average molecular weight is 331 g/mol. The molecule has 0 amide bonds. The third-order valence-electron chi connectivity index (χ3n) is 3.87. The number of fused-ring (bicyclic) bond motifs is 1. The van der Waals surface area contributed by atoms with E-state index in [0.717, 1.165) is 24.0 Å². The number of nitrogens with zero attached hydrogens (tertiary/aromatic N) is 1. The second-order valence-electron chi connectivity index (χ2n) is 5.31. The molecule has 0 saturated heterocycles. The third-order valence-corrected chi connectivity index (χ3v) is 4.40. The lowest BCUT2D eigenvalue weighted by Crippen LogP contribution is -2.33. The summed E-state index contributed by atoms with van der Waals surface area (Å²) in [5.74, 6) is 0. The first-order valence-electron chi connectivity index (χ1n) is 7.08. The maximum Gasteiger partial charge on any atom is 0.0402 e. The first-order chi connectivity index (χ1) is 9.74. The zero-order valence-electron chi connectivity index (χ0n) is 11.6. The molecule has 0 aromatic heterocycles. The zero-order chi connectivity index (χ0) is 13.9. The number of anilines is 2. The number of halogens is 1. The van der Waals surface area contributed by atoms with Crippen molar-refractivity contribution in [2.45, 2.75) is 19.4 Å². The molecule has 0 aliphatic carbocycles. The fraction of sp³-hybridized carbons (Fsp3) is 0.294. The molecule has 1 aliphatic heterocycles. The summed E-state index contributed by atoms with van der Waals surface area (Å²) in [5.41, 5.74) is 4.05. The van der Waals surface area contributed by atoms with Crippen molar-refractivity contribution >= 4 is 27.3 Å². The molecule has 0 spiro atoms. The summed E-state index contributed by atoms with van der Waals surface area (Å²) < 4.78 is 1.12. The predicted octanol–water partition coefficient (Wildman–Crippen LogP) is 4.31. The van der Waals surface area contributed by atoms with E-state index in [1.54, 1.807) is 0 Å². The van der Waals surface area contributed by atoms with E-state index < -0.39 is 0 Å². The SMILES string of the molecule is CC1Cc2ccccc2N1CCNc1ccc(Br)cc1. The fourth-order valence-corrected chi connectivity index (χ4v) is 3.12. The summed E-state index contributed by atoms with van der Waals surface area (Å²) in [7, 11) is 0. The normalized spacial score (nSPS) is 17.1. The average Bonchev–Trinajstić information content (AvgIpc) is 2.77. The number of hydrogen-bond donors (Lipinski definition) is 1. The van der Waals surface area contributed by atoms with Crippen LogP contribution in [0.25, 0.3) is 0 Å². The summed E-state index contributed by atoms with van der Waals surface area (Å²) >= 11 is 3.46. The van der Waals surface area contributed by atoms with Crippen LogP contribution in [-0.2, 0) is 6.42 Å². The lowest BCUT2D eigenvalue weighted by Gasteiger charge is -2.25. The van der Waals surface area contributed by atoms with Gasteiger partial charge in [0.1, 0.15) is 0 Å². The number of rotatable bonds is 4. The number of hydrogen-bond acceptors (Lipinski definition) is 2. The minimum Gasteiger partial charge on any atom is -0.383 e. The van der Waals surface area contributed by atoms with Crippen LogP contribution in [0.4, 0.5) is 11.4 Å². The minimum absolute atomic E-state index is 0.596. The van der Waals surface area contributed by atoms with Crippen LogP contribution in [0.3, 0.4) is 0 Å². The van der Waals surface area contributed by atoms with Crippen LogP contribution in [0.2, 0.25) is 0 Å². The van der Waals surface area contributed by atoms with Gasteiger partial charge in [0.25, 0.3) is 0 Å². The second kappa shape index (κ2) is 5.88. The van der Waals surface area contributed by atoms with Crippen LogP contribution < -0.4 is 10.2 Å². The van der Waals surface area contributed by atoms with Crippen molar-refractivity contribution in [3.63, 3.8) is 0 Å². The topological polar surface area (TPSA) is 15.3 Å². The molecule has 0 bridgehead atoms. The van der Waals surface area contributed by atoms with Gasteiger partial charge in [-0.2, -0.15) is 0 Å². The van der Waals surface area contributed by atoms with Crippen LogP contribution in [0.5, 0.6) is 0 Å². The quantitative estimate of drug-likeness (QED) is 0.898. The van der Waals surface area contributed by atoms with Gasteiger partial charge >= 0.3 is 0 Å². The highest BCUT2D eigenvalue weighted by Crippen LogP contribution is 2.31. The van der Waals surface area contributed by atoms with E-state index in [1.165, 1.54) is 16.9 Å². The largest absolute Gasteiger partial charge is 0.383 e. The van der Waals surface area contributed by atoms with E-state index in [2.05, 4.69) is 81.6 Å². The van der Waals surface area contributed by atoms with Gasteiger partial charge in [-0.05, 0) is 49.2 Å². The van der Waals surface area contributed by atoms with Crippen LogP contribution >= 0.6 is 15.9 Å². The van der Waals surface area contributed by atoms with Crippen molar-refractivity contribution in [1.82, 2.24) is 0 Å². The van der Waals surface area contributed by atoms with Gasteiger partial charge < -0.3 is 10.2 Å². The van der Waals surface area contributed by atoms with Gasteiger partial charge in [-0.25, -0.2) is 0 Å². The summed E-state index contributed by atoms with van der Waals surface area (Å²) in [6, 6.07) is 17.7. The number of nitrogens with one attached hydrogen (secondary N) is 1. The molecule has 2 nitrogen and oxygen atoms in total. The highest BCUT2D eigenvalue weighted by molar-refractivity contribution is 9.10. The molecule has 104 valence electrons. The second-order valence-corrected chi connectivity index (χ2v) is 6.22. The zero-order valence-corrected chi connectivity index (χ0v) is 13.2. The molecule has 2 aromatic carbocycles. The van der Waals surface area contributed by atoms with Gasteiger partial charge in [0, 0.05) is 35.0 Å². The number of para-hydroxylation sites is 1. The van der Waals surface area contributed by atoms with E-state index >= 15 is 0 Å². The Balaban J connectivity index is 1.60. The molecule has 0 fully saturated rings. The lowest BCUT2D eigenvalue weighted by molar-refractivity contribution is 0.681. The Bertz CT molecular complexity index is 580. The molecule has 1 heterocycles. The standard InChI is InChI=1S/C17H19BrN2/c1-13-12-14-4-2-3-5-17(14)20(13)11-10-19-16-8-6-15(18)7-9-16/h2-9,13,19H,10-12H2,1H3. The molecule has 20 heavy (non-hydrogen) atoms. The highest BCUT2D eigenvalue weighted by atomic mass is 79.9. The van der Waals surface area contributed by atoms with Crippen LogP contribution in [0.15, 0.2) is 53.0 Å². The van der Waals surface area contributed by atoms with Crippen LogP contribution in [0.1, 0.15) is 12.5 Å². The Hall–Kier alpha value is -1.48. The Morgan fingerprint density at radius 3 is 2.70 bits per heavy atom. The molecule has 0 saturated carbocycles. The Morgan fingerprint density at radius 2 is 1.90 bits per heavy atom. The minimum atomic E-state index is 0.596. The molecule has 1 N–H and O–H groups in total. The maximum atomic E-state index is 3.49. The van der Waals surface area contributed by atoms with Gasteiger partial charge in [0.15, 0.2) is 0 Å². The summed E-state index contributed by atoms with van der Waals surface area (Å²) in [4.78, 5) is 2.50. The first-order valence-corrected chi connectivity index (χ1v) is 7.87. The summed E-state index contributed by atoms with van der Waals surface area (Å²) in [5, 5.41) is 3.49. The van der Waals surface area contributed by atoms with Gasteiger partial charge in [0.05, 0.1) is 0 Å². The number of benzene rings is 2.